The first-order chi connectivity index (χ1) is 9.11. The number of azide groups is 1. The summed E-state index contributed by atoms with van der Waals surface area (Å²) < 4.78 is 5.06. The molecule has 1 aromatic rings. The highest BCUT2D eigenvalue weighted by Crippen LogP contribution is 2.18. The maximum atomic E-state index is 11.4. The fourth-order valence-electron chi connectivity index (χ4n) is 1.36. The third-order valence-corrected chi connectivity index (χ3v) is 2.26. The van der Waals surface area contributed by atoms with Crippen molar-refractivity contribution in [2.24, 2.45) is 5.11 Å². The van der Waals surface area contributed by atoms with Crippen molar-refractivity contribution in [1.82, 2.24) is 10.2 Å². The topological polar surface area (TPSA) is 90.3 Å². The molecule has 1 rings (SSSR count). The second-order valence-corrected chi connectivity index (χ2v) is 4.16. The zero-order valence-electron chi connectivity index (χ0n) is 11.0. The number of hydrogen-bond acceptors (Lipinski definition) is 4. The Kier molecular flexibility index (Phi) is 6.21. The Hall–Kier alpha value is -2.24. The summed E-state index contributed by atoms with van der Waals surface area (Å²) in [6, 6.07) is 6.30. The van der Waals surface area contributed by atoms with E-state index in [9.17, 15) is 4.79 Å². The maximum Gasteiger partial charge on any atom is 0.412 e. The van der Waals surface area contributed by atoms with Gasteiger partial charge in [0.2, 0.25) is 0 Å². The van der Waals surface area contributed by atoms with Crippen LogP contribution in [0.1, 0.15) is 6.42 Å². The van der Waals surface area contributed by atoms with E-state index in [1.807, 2.05) is 19.0 Å². The van der Waals surface area contributed by atoms with Crippen LogP contribution in [0.15, 0.2) is 29.4 Å². The zero-order valence-corrected chi connectivity index (χ0v) is 11.0. The fourth-order valence-corrected chi connectivity index (χ4v) is 1.36. The molecule has 0 unspecified atom stereocenters. The van der Waals surface area contributed by atoms with Crippen LogP contribution < -0.4 is 10.1 Å². The molecular weight excluding hydrogens is 246 g/mol. The third kappa shape index (κ3) is 6.30. The molecule has 0 saturated heterocycles. The van der Waals surface area contributed by atoms with Crippen LogP contribution in [0.2, 0.25) is 0 Å². The van der Waals surface area contributed by atoms with Crippen molar-refractivity contribution < 1.29 is 9.53 Å². The van der Waals surface area contributed by atoms with Gasteiger partial charge < -0.3 is 15.0 Å². The van der Waals surface area contributed by atoms with Crippen LogP contribution in [0.4, 0.5) is 10.5 Å². The van der Waals surface area contributed by atoms with Crippen LogP contribution in [-0.4, -0.2) is 38.2 Å². The molecule has 0 aliphatic rings. The van der Waals surface area contributed by atoms with E-state index in [4.69, 9.17) is 10.3 Å². The number of ether oxygens (including phenoxy) is 1. The van der Waals surface area contributed by atoms with Gasteiger partial charge in [-0.3, -0.25) is 0 Å². The average Bonchev–Trinajstić information content (AvgIpc) is 2.37. The van der Waals surface area contributed by atoms with Crippen LogP contribution in [0.3, 0.4) is 0 Å². The van der Waals surface area contributed by atoms with Gasteiger partial charge in [-0.05, 0) is 56.9 Å². The molecule has 0 aliphatic heterocycles. The molecule has 0 fully saturated rings. The first-order valence-corrected chi connectivity index (χ1v) is 5.87. The molecule has 0 heterocycles. The Bertz CT molecular complexity index is 452. The van der Waals surface area contributed by atoms with Gasteiger partial charge in [0, 0.05) is 17.1 Å². The van der Waals surface area contributed by atoms with Crippen LogP contribution in [0.25, 0.3) is 10.4 Å². The summed E-state index contributed by atoms with van der Waals surface area (Å²) in [7, 11) is 3.95. The number of rotatable bonds is 6. The average molecular weight is 263 g/mol. The van der Waals surface area contributed by atoms with Gasteiger partial charge in [0.05, 0.1) is 0 Å². The smallest absolute Gasteiger partial charge is 0.410 e. The van der Waals surface area contributed by atoms with E-state index in [2.05, 4.69) is 15.3 Å². The molecule has 19 heavy (non-hydrogen) atoms. The minimum Gasteiger partial charge on any atom is -0.410 e. The number of benzene rings is 1. The Balaban J connectivity index is 2.33. The van der Waals surface area contributed by atoms with Crippen LogP contribution in [0, 0.1) is 0 Å². The van der Waals surface area contributed by atoms with Gasteiger partial charge in [0.25, 0.3) is 0 Å². The second-order valence-electron chi connectivity index (χ2n) is 4.16. The largest absolute Gasteiger partial charge is 0.412 e. The highest BCUT2D eigenvalue weighted by molar-refractivity contribution is 5.70. The summed E-state index contributed by atoms with van der Waals surface area (Å²) in [5, 5.41) is 6.08. The standard InChI is InChI=1S/C12H17N5O2/c1-17(2)9-3-8-14-12(18)19-11-6-4-10(5-7-11)15-16-13/h4-7H,3,8-9H2,1-2H3,(H,14,18). The maximum absolute atomic E-state index is 11.4. The van der Waals surface area contributed by atoms with Gasteiger partial charge in [-0.2, -0.15) is 0 Å². The van der Waals surface area contributed by atoms with Gasteiger partial charge in [-0.15, -0.1) is 0 Å². The second kappa shape index (κ2) is 7.97. The van der Waals surface area contributed by atoms with Crippen molar-refractivity contribution in [3.63, 3.8) is 0 Å². The first-order valence-electron chi connectivity index (χ1n) is 5.87. The van der Waals surface area contributed by atoms with E-state index in [0.29, 0.717) is 18.0 Å². The molecule has 7 nitrogen and oxygen atoms in total. The Morgan fingerprint density at radius 2 is 2.11 bits per heavy atom. The molecule has 0 aromatic heterocycles. The summed E-state index contributed by atoms with van der Waals surface area (Å²) in [4.78, 5) is 16.1. The lowest BCUT2D eigenvalue weighted by atomic mass is 10.3. The lowest BCUT2D eigenvalue weighted by molar-refractivity contribution is 0.200. The fraction of sp³-hybridized carbons (Fsp3) is 0.417. The summed E-state index contributed by atoms with van der Waals surface area (Å²) >= 11 is 0. The molecule has 0 saturated carbocycles. The zero-order chi connectivity index (χ0) is 14.1. The molecule has 0 spiro atoms. The van der Waals surface area contributed by atoms with Crippen molar-refractivity contribution in [2.75, 3.05) is 27.2 Å². The number of carbonyl (C=O) groups is 1. The van der Waals surface area contributed by atoms with Gasteiger partial charge in [0.15, 0.2) is 0 Å². The lowest BCUT2D eigenvalue weighted by Crippen LogP contribution is -2.29. The van der Waals surface area contributed by atoms with E-state index in [1.165, 1.54) is 0 Å². The number of amides is 1. The van der Waals surface area contributed by atoms with E-state index < -0.39 is 6.09 Å². The van der Waals surface area contributed by atoms with Crippen molar-refractivity contribution in [3.05, 3.63) is 34.7 Å². The van der Waals surface area contributed by atoms with Crippen molar-refractivity contribution in [2.45, 2.75) is 6.42 Å². The van der Waals surface area contributed by atoms with Crippen molar-refractivity contribution in [3.8, 4) is 5.75 Å². The Labute approximate surface area is 111 Å². The van der Waals surface area contributed by atoms with E-state index in [1.54, 1.807) is 24.3 Å². The Morgan fingerprint density at radius 3 is 2.68 bits per heavy atom. The van der Waals surface area contributed by atoms with Crippen molar-refractivity contribution in [1.29, 1.82) is 0 Å². The number of nitrogens with one attached hydrogen (secondary N) is 1. The number of carbonyl (C=O) groups excluding carboxylic acids is 1. The Morgan fingerprint density at radius 1 is 1.42 bits per heavy atom. The molecule has 0 bridgehead atoms. The first kappa shape index (κ1) is 14.8. The lowest BCUT2D eigenvalue weighted by Gasteiger charge is -2.10. The van der Waals surface area contributed by atoms with Gasteiger partial charge in [-0.1, -0.05) is 5.11 Å². The number of hydrogen-bond donors (Lipinski definition) is 1. The highest BCUT2D eigenvalue weighted by Gasteiger charge is 2.03. The molecule has 102 valence electrons. The van der Waals surface area contributed by atoms with Gasteiger partial charge >= 0.3 is 6.09 Å². The molecule has 1 amide bonds. The van der Waals surface area contributed by atoms with E-state index in [0.717, 1.165) is 13.0 Å². The van der Waals surface area contributed by atoms with Crippen LogP contribution >= 0.6 is 0 Å². The summed E-state index contributed by atoms with van der Waals surface area (Å²) in [5.41, 5.74) is 8.73. The number of nitrogens with zero attached hydrogens (tertiary/aromatic N) is 4. The van der Waals surface area contributed by atoms with E-state index in [-0.39, 0.29) is 0 Å². The molecule has 7 heteroatoms. The molecule has 0 atom stereocenters. The monoisotopic (exact) mass is 263 g/mol. The summed E-state index contributed by atoms with van der Waals surface area (Å²) in [5.74, 6) is 0.405. The molecule has 1 N–H and O–H groups in total. The summed E-state index contributed by atoms with van der Waals surface area (Å²) in [6.45, 7) is 1.47. The predicted octanol–water partition coefficient (Wildman–Crippen LogP) is 2.67. The highest BCUT2D eigenvalue weighted by atomic mass is 16.5. The van der Waals surface area contributed by atoms with Gasteiger partial charge in [-0.25, -0.2) is 4.79 Å². The van der Waals surface area contributed by atoms with Crippen LogP contribution in [0.5, 0.6) is 5.75 Å². The minimum atomic E-state index is -0.490. The molecule has 0 radical (unpaired) electrons. The normalized spacial score (nSPS) is 9.84. The predicted molar refractivity (Wildman–Crippen MR) is 72.4 cm³/mol. The molecule has 1 aromatic carbocycles. The molecular formula is C12H17N5O2. The minimum absolute atomic E-state index is 0.405. The van der Waals surface area contributed by atoms with Crippen molar-refractivity contribution >= 4 is 11.8 Å². The third-order valence-electron chi connectivity index (χ3n) is 2.26. The summed E-state index contributed by atoms with van der Waals surface area (Å²) in [6.07, 6.45) is 0.369. The van der Waals surface area contributed by atoms with Gasteiger partial charge in [0.1, 0.15) is 5.75 Å². The van der Waals surface area contributed by atoms with E-state index >= 15 is 0 Å². The quantitative estimate of drug-likeness (QED) is 0.370. The SMILES string of the molecule is CN(C)CCCNC(=O)Oc1ccc(N=[N+]=[N-])cc1. The van der Waals surface area contributed by atoms with Crippen LogP contribution in [-0.2, 0) is 0 Å². The molecule has 0 aliphatic carbocycles.